The quantitative estimate of drug-likeness (QED) is 0.428. The Morgan fingerprint density at radius 1 is 1.31 bits per heavy atom. The number of ether oxygens (including phenoxy) is 2. The summed E-state index contributed by atoms with van der Waals surface area (Å²) in [6.45, 7) is 0.0150. The Labute approximate surface area is 89.7 Å². The Morgan fingerprint density at radius 2 is 1.81 bits per heavy atom. The molecule has 90 valence electrons. The number of aliphatic hydroxyl groups excluding tert-OH is 1. The zero-order chi connectivity index (χ0) is 12.6. The third-order valence-corrected chi connectivity index (χ3v) is 1.22. The highest BCUT2D eigenvalue weighted by atomic mass is 16.8. The SMILES string of the molecule is O=C(O)/C=C/C(=O)O.O=C1OCC(CO)O1. The van der Waals surface area contributed by atoms with Crippen molar-refractivity contribution < 1.29 is 39.2 Å². The third-order valence-electron chi connectivity index (χ3n) is 1.22. The fraction of sp³-hybridized carbons (Fsp3) is 0.375. The Morgan fingerprint density at radius 3 is 2.00 bits per heavy atom. The largest absolute Gasteiger partial charge is 0.508 e. The molecule has 1 aliphatic heterocycles. The van der Waals surface area contributed by atoms with Crippen molar-refractivity contribution >= 4 is 18.1 Å². The number of aliphatic hydroxyl groups is 1. The van der Waals surface area contributed by atoms with E-state index in [1.807, 2.05) is 0 Å². The lowest BCUT2D eigenvalue weighted by Gasteiger charge is -1.96. The number of hydrogen-bond acceptors (Lipinski definition) is 6. The minimum Gasteiger partial charge on any atom is -0.478 e. The molecular formula is C8H10O8. The predicted octanol–water partition coefficient (Wildman–Crippen LogP) is -0.774. The number of cyclic esters (lactones) is 2. The molecule has 1 heterocycles. The van der Waals surface area contributed by atoms with Crippen LogP contribution in [0.2, 0.25) is 0 Å². The summed E-state index contributed by atoms with van der Waals surface area (Å²) >= 11 is 0. The summed E-state index contributed by atoms with van der Waals surface area (Å²) in [5.41, 5.74) is 0. The van der Waals surface area contributed by atoms with E-state index >= 15 is 0 Å². The van der Waals surface area contributed by atoms with E-state index in [0.717, 1.165) is 0 Å². The van der Waals surface area contributed by atoms with E-state index in [1.54, 1.807) is 0 Å². The lowest BCUT2D eigenvalue weighted by molar-refractivity contribution is -0.134. The van der Waals surface area contributed by atoms with Gasteiger partial charge >= 0.3 is 18.1 Å². The Kier molecular flexibility index (Phi) is 6.29. The van der Waals surface area contributed by atoms with Gasteiger partial charge in [-0.25, -0.2) is 14.4 Å². The first-order valence-corrected chi connectivity index (χ1v) is 4.04. The van der Waals surface area contributed by atoms with Crippen molar-refractivity contribution in [1.82, 2.24) is 0 Å². The van der Waals surface area contributed by atoms with Crippen LogP contribution < -0.4 is 0 Å². The highest BCUT2D eigenvalue weighted by Gasteiger charge is 2.23. The van der Waals surface area contributed by atoms with Crippen molar-refractivity contribution in [2.75, 3.05) is 13.2 Å². The molecule has 1 fully saturated rings. The average Bonchev–Trinajstić information content (AvgIpc) is 2.62. The van der Waals surface area contributed by atoms with Crippen LogP contribution in [0.1, 0.15) is 0 Å². The molecule has 16 heavy (non-hydrogen) atoms. The predicted molar refractivity (Wildman–Crippen MR) is 47.7 cm³/mol. The van der Waals surface area contributed by atoms with Gasteiger partial charge in [0.1, 0.15) is 6.61 Å². The van der Waals surface area contributed by atoms with Crippen LogP contribution in [-0.4, -0.2) is 52.7 Å². The first-order chi connectivity index (χ1) is 7.45. The second kappa shape index (κ2) is 7.23. The van der Waals surface area contributed by atoms with Gasteiger partial charge in [0.25, 0.3) is 0 Å². The molecule has 3 N–H and O–H groups in total. The topological polar surface area (TPSA) is 130 Å². The number of carboxylic acids is 2. The first-order valence-electron chi connectivity index (χ1n) is 4.04. The molecule has 8 nitrogen and oxygen atoms in total. The number of hydrogen-bond donors (Lipinski definition) is 3. The van der Waals surface area contributed by atoms with Crippen LogP contribution in [0.4, 0.5) is 4.79 Å². The van der Waals surface area contributed by atoms with Gasteiger partial charge in [0, 0.05) is 12.2 Å². The van der Waals surface area contributed by atoms with Gasteiger partial charge in [-0.15, -0.1) is 0 Å². The summed E-state index contributed by atoms with van der Waals surface area (Å²) in [5.74, 6) is -2.51. The van der Waals surface area contributed by atoms with Gasteiger partial charge in [0.05, 0.1) is 6.61 Å². The maximum Gasteiger partial charge on any atom is 0.508 e. The Bertz CT molecular complexity index is 278. The van der Waals surface area contributed by atoms with Crippen molar-refractivity contribution in [2.24, 2.45) is 0 Å². The minimum absolute atomic E-state index is 0.161. The Balaban J connectivity index is 0.000000281. The summed E-state index contributed by atoms with van der Waals surface area (Å²) < 4.78 is 8.73. The van der Waals surface area contributed by atoms with Gasteiger partial charge in [-0.3, -0.25) is 0 Å². The minimum atomic E-state index is -1.26. The smallest absolute Gasteiger partial charge is 0.478 e. The van der Waals surface area contributed by atoms with Crippen LogP contribution in [-0.2, 0) is 19.1 Å². The van der Waals surface area contributed by atoms with Crippen molar-refractivity contribution in [2.45, 2.75) is 6.10 Å². The van der Waals surface area contributed by atoms with Crippen LogP contribution in [0.3, 0.4) is 0 Å². The van der Waals surface area contributed by atoms with Crippen LogP contribution >= 0.6 is 0 Å². The van der Waals surface area contributed by atoms with E-state index in [2.05, 4.69) is 9.47 Å². The molecule has 0 aliphatic carbocycles. The lowest BCUT2D eigenvalue weighted by atomic mass is 10.4. The van der Waals surface area contributed by atoms with Crippen molar-refractivity contribution in [3.05, 3.63) is 12.2 Å². The van der Waals surface area contributed by atoms with E-state index in [1.165, 1.54) is 0 Å². The molecule has 0 aromatic heterocycles. The maximum absolute atomic E-state index is 10.1. The van der Waals surface area contributed by atoms with Gasteiger partial charge in [-0.05, 0) is 0 Å². The summed E-state index contributed by atoms with van der Waals surface area (Å²) in [6, 6.07) is 0. The van der Waals surface area contributed by atoms with Crippen molar-refractivity contribution in [3.63, 3.8) is 0 Å². The molecule has 0 radical (unpaired) electrons. The number of carbonyl (C=O) groups is 3. The molecule has 0 aromatic carbocycles. The summed E-state index contributed by atoms with van der Waals surface area (Å²) in [5, 5.41) is 24.0. The monoisotopic (exact) mass is 234 g/mol. The van der Waals surface area contributed by atoms with Crippen molar-refractivity contribution in [1.29, 1.82) is 0 Å². The van der Waals surface area contributed by atoms with Crippen LogP contribution in [0.5, 0.6) is 0 Å². The standard InChI is InChI=1S/C4H6O4.C4H4O4/c5-1-3-2-7-4(6)8-3;5-3(6)1-2-4(7)8/h3,5H,1-2H2;1-2H,(H,5,6)(H,7,8)/b;2-1+. The third kappa shape index (κ3) is 7.33. The van der Waals surface area contributed by atoms with Crippen LogP contribution in [0.15, 0.2) is 12.2 Å². The van der Waals surface area contributed by atoms with E-state index in [4.69, 9.17) is 15.3 Å². The molecule has 0 aromatic rings. The molecule has 1 aliphatic rings. The first kappa shape index (κ1) is 13.9. The molecular weight excluding hydrogens is 224 g/mol. The van der Waals surface area contributed by atoms with Gasteiger partial charge in [-0.1, -0.05) is 0 Å². The summed E-state index contributed by atoms with van der Waals surface area (Å²) in [6.07, 6.45) is -0.0171. The fourth-order valence-corrected chi connectivity index (χ4v) is 0.598. The molecule has 0 saturated carbocycles. The second-order valence-corrected chi connectivity index (χ2v) is 2.49. The lowest BCUT2D eigenvalue weighted by Crippen LogP contribution is -2.14. The maximum atomic E-state index is 10.1. The molecule has 8 heteroatoms. The van der Waals surface area contributed by atoms with Gasteiger partial charge in [0.15, 0.2) is 6.10 Å². The highest BCUT2D eigenvalue weighted by Crippen LogP contribution is 2.03. The van der Waals surface area contributed by atoms with Gasteiger partial charge < -0.3 is 24.8 Å². The average molecular weight is 234 g/mol. The molecule has 0 bridgehead atoms. The van der Waals surface area contributed by atoms with E-state index in [-0.39, 0.29) is 13.2 Å². The zero-order valence-electron chi connectivity index (χ0n) is 8.03. The van der Waals surface area contributed by atoms with E-state index in [9.17, 15) is 14.4 Å². The number of rotatable bonds is 3. The van der Waals surface area contributed by atoms with Gasteiger partial charge in [-0.2, -0.15) is 0 Å². The number of aliphatic carboxylic acids is 2. The molecule has 0 amide bonds. The Hall–Kier alpha value is -2.09. The fourth-order valence-electron chi connectivity index (χ4n) is 0.598. The van der Waals surface area contributed by atoms with Crippen molar-refractivity contribution in [3.8, 4) is 0 Å². The second-order valence-electron chi connectivity index (χ2n) is 2.49. The molecule has 1 atom stereocenters. The number of carboxylic acid groups (broad SMARTS) is 2. The molecule has 1 saturated heterocycles. The highest BCUT2D eigenvalue weighted by molar-refractivity contribution is 5.89. The molecule has 0 spiro atoms. The summed E-state index contributed by atoms with van der Waals surface area (Å²) in [7, 11) is 0. The summed E-state index contributed by atoms with van der Waals surface area (Å²) in [4.78, 5) is 29.2. The van der Waals surface area contributed by atoms with E-state index < -0.39 is 24.2 Å². The normalized spacial score (nSPS) is 18.3. The van der Waals surface area contributed by atoms with Gasteiger partial charge in [0.2, 0.25) is 0 Å². The molecule has 1 rings (SSSR count). The number of carbonyl (C=O) groups excluding carboxylic acids is 1. The van der Waals surface area contributed by atoms with E-state index in [0.29, 0.717) is 12.2 Å². The van der Waals surface area contributed by atoms with Crippen LogP contribution in [0.25, 0.3) is 0 Å². The van der Waals surface area contributed by atoms with Crippen LogP contribution in [0, 0.1) is 0 Å². The zero-order valence-corrected chi connectivity index (χ0v) is 8.03. The molecule has 1 unspecified atom stereocenters.